The molecule has 1 N–H and O–H groups in total. The van der Waals surface area contributed by atoms with Gasteiger partial charge in [-0.05, 0) is 30.7 Å². The van der Waals surface area contributed by atoms with Crippen molar-refractivity contribution in [2.24, 2.45) is 0 Å². The highest BCUT2D eigenvalue weighted by Crippen LogP contribution is 2.30. The molecule has 3 rings (SSSR count). The molecule has 3 aromatic rings. The van der Waals surface area contributed by atoms with Gasteiger partial charge in [-0.15, -0.1) is 11.3 Å². The molecule has 0 bridgehead atoms. The van der Waals surface area contributed by atoms with Gasteiger partial charge in [0.25, 0.3) is 5.22 Å². The van der Waals surface area contributed by atoms with Crippen LogP contribution in [0, 0.1) is 6.92 Å². The van der Waals surface area contributed by atoms with Crippen molar-refractivity contribution >= 4 is 40.2 Å². The Kier molecular flexibility index (Phi) is 3.50. The molecule has 0 fully saturated rings. The van der Waals surface area contributed by atoms with E-state index in [1.807, 2.05) is 31.2 Å². The Morgan fingerprint density at radius 3 is 2.95 bits per heavy atom. The third kappa shape index (κ3) is 2.57. The predicted molar refractivity (Wildman–Crippen MR) is 79.6 cm³/mol. The number of carboxylic acid groups (broad SMARTS) is 1. The van der Waals surface area contributed by atoms with Gasteiger partial charge in [-0.3, -0.25) is 0 Å². The third-order valence-electron chi connectivity index (χ3n) is 2.86. The normalized spacial score (nSPS) is 11.1. The van der Waals surface area contributed by atoms with Gasteiger partial charge >= 0.3 is 5.97 Å². The average molecular weight is 305 g/mol. The van der Waals surface area contributed by atoms with Crippen LogP contribution in [-0.4, -0.2) is 16.1 Å². The van der Waals surface area contributed by atoms with Gasteiger partial charge in [0.1, 0.15) is 10.4 Å². The first-order chi connectivity index (χ1) is 9.63. The molecule has 2 heterocycles. The molecular formula is C14H11NO3S2. The average Bonchev–Trinajstić information content (AvgIpc) is 2.99. The Morgan fingerprint density at radius 2 is 2.25 bits per heavy atom. The van der Waals surface area contributed by atoms with Crippen LogP contribution in [0.2, 0.25) is 0 Å². The molecule has 0 atom stereocenters. The lowest BCUT2D eigenvalue weighted by atomic mass is 10.3. The highest BCUT2D eigenvalue weighted by atomic mass is 32.2. The fraction of sp³-hybridized carbons (Fsp3) is 0.143. The zero-order chi connectivity index (χ0) is 14.1. The predicted octanol–water partition coefficient (Wildman–Crippen LogP) is 4.19. The summed E-state index contributed by atoms with van der Waals surface area (Å²) in [5.74, 6) is -0.223. The number of carboxylic acids is 1. The maximum atomic E-state index is 10.9. The number of oxazole rings is 1. The van der Waals surface area contributed by atoms with Gasteiger partial charge in [0.2, 0.25) is 0 Å². The largest absolute Gasteiger partial charge is 0.477 e. The molecular weight excluding hydrogens is 294 g/mol. The van der Waals surface area contributed by atoms with Crippen LogP contribution in [-0.2, 0) is 5.75 Å². The van der Waals surface area contributed by atoms with Crippen molar-refractivity contribution in [2.75, 3.05) is 0 Å². The summed E-state index contributed by atoms with van der Waals surface area (Å²) in [7, 11) is 0. The number of aryl methyl sites for hydroxylation is 1. The summed E-state index contributed by atoms with van der Waals surface area (Å²) in [6.45, 7) is 1.93. The summed E-state index contributed by atoms with van der Waals surface area (Å²) in [4.78, 5) is 16.7. The van der Waals surface area contributed by atoms with E-state index in [-0.39, 0.29) is 0 Å². The number of nitrogens with zero attached hydrogens (tertiary/aromatic N) is 1. The van der Waals surface area contributed by atoms with Gasteiger partial charge < -0.3 is 9.52 Å². The van der Waals surface area contributed by atoms with Gasteiger partial charge in [-0.1, -0.05) is 23.9 Å². The molecule has 4 nitrogen and oxygen atoms in total. The lowest BCUT2D eigenvalue weighted by Gasteiger charge is -1.95. The van der Waals surface area contributed by atoms with Crippen molar-refractivity contribution in [3.05, 3.63) is 45.6 Å². The molecule has 0 aliphatic rings. The topological polar surface area (TPSA) is 63.3 Å². The van der Waals surface area contributed by atoms with Crippen molar-refractivity contribution in [3.8, 4) is 0 Å². The lowest BCUT2D eigenvalue weighted by Crippen LogP contribution is -1.90. The number of carbonyl (C=O) groups is 1. The first-order valence-corrected chi connectivity index (χ1v) is 7.74. The monoisotopic (exact) mass is 305 g/mol. The molecule has 20 heavy (non-hydrogen) atoms. The summed E-state index contributed by atoms with van der Waals surface area (Å²) in [6.07, 6.45) is 0. The molecule has 0 spiro atoms. The molecule has 0 aliphatic heterocycles. The van der Waals surface area contributed by atoms with Crippen LogP contribution in [0.1, 0.15) is 20.1 Å². The smallest absolute Gasteiger partial charge is 0.345 e. The van der Waals surface area contributed by atoms with E-state index >= 15 is 0 Å². The van der Waals surface area contributed by atoms with Crippen LogP contribution < -0.4 is 0 Å². The number of aromatic nitrogens is 1. The maximum absolute atomic E-state index is 10.9. The van der Waals surface area contributed by atoms with Gasteiger partial charge in [0, 0.05) is 10.6 Å². The molecule has 6 heteroatoms. The van der Waals surface area contributed by atoms with Gasteiger partial charge in [0.05, 0.1) is 0 Å². The number of thioether (sulfide) groups is 1. The molecule has 2 aromatic heterocycles. The summed E-state index contributed by atoms with van der Waals surface area (Å²) in [6, 6.07) is 9.33. The van der Waals surface area contributed by atoms with Crippen LogP contribution >= 0.6 is 23.1 Å². The fourth-order valence-electron chi connectivity index (χ4n) is 1.82. The van der Waals surface area contributed by atoms with Crippen molar-refractivity contribution in [3.63, 3.8) is 0 Å². The van der Waals surface area contributed by atoms with Gasteiger partial charge in [-0.2, -0.15) is 0 Å². The van der Waals surface area contributed by atoms with E-state index < -0.39 is 5.97 Å². The second-order valence-corrected chi connectivity index (χ2v) is 6.42. The van der Waals surface area contributed by atoms with E-state index in [0.717, 1.165) is 21.5 Å². The van der Waals surface area contributed by atoms with E-state index in [1.54, 1.807) is 6.07 Å². The third-order valence-corrected chi connectivity index (χ3v) is 4.81. The fourth-order valence-corrected chi connectivity index (χ4v) is 3.68. The summed E-state index contributed by atoms with van der Waals surface area (Å²) < 4.78 is 5.62. The van der Waals surface area contributed by atoms with Crippen molar-refractivity contribution < 1.29 is 14.3 Å². The quantitative estimate of drug-likeness (QED) is 0.732. The lowest BCUT2D eigenvalue weighted by molar-refractivity contribution is 0.0702. The molecule has 0 saturated heterocycles. The second-order valence-electron chi connectivity index (χ2n) is 4.23. The molecule has 102 valence electrons. The van der Waals surface area contributed by atoms with Gasteiger partial charge in [0.15, 0.2) is 5.58 Å². The van der Waals surface area contributed by atoms with Crippen LogP contribution in [0.25, 0.3) is 11.1 Å². The molecule has 0 aliphatic carbocycles. The second kappa shape index (κ2) is 5.30. The number of thiophene rings is 1. The van der Waals surface area contributed by atoms with Crippen molar-refractivity contribution in [2.45, 2.75) is 17.9 Å². The molecule has 0 unspecified atom stereocenters. The van der Waals surface area contributed by atoms with Crippen LogP contribution in [0.5, 0.6) is 0 Å². The van der Waals surface area contributed by atoms with Crippen molar-refractivity contribution in [1.82, 2.24) is 4.98 Å². The molecule has 0 radical (unpaired) electrons. The Bertz CT molecular complexity index is 743. The highest BCUT2D eigenvalue weighted by molar-refractivity contribution is 7.98. The number of hydrogen-bond donors (Lipinski definition) is 1. The minimum atomic E-state index is -0.879. The van der Waals surface area contributed by atoms with E-state index in [9.17, 15) is 4.79 Å². The summed E-state index contributed by atoms with van der Waals surface area (Å²) in [5, 5.41) is 9.58. The van der Waals surface area contributed by atoms with Crippen molar-refractivity contribution in [1.29, 1.82) is 0 Å². The van der Waals surface area contributed by atoms with Crippen LogP contribution in [0.15, 0.2) is 40.0 Å². The first-order valence-electron chi connectivity index (χ1n) is 5.94. The summed E-state index contributed by atoms with van der Waals surface area (Å²) >= 11 is 2.77. The Labute approximate surface area is 123 Å². The van der Waals surface area contributed by atoms with E-state index in [4.69, 9.17) is 9.52 Å². The Balaban J connectivity index is 1.77. The summed E-state index contributed by atoms with van der Waals surface area (Å²) in [5.41, 5.74) is 2.62. The number of rotatable bonds is 4. The zero-order valence-corrected chi connectivity index (χ0v) is 12.3. The van der Waals surface area contributed by atoms with E-state index in [1.165, 1.54) is 23.1 Å². The number of hydrogen-bond acceptors (Lipinski definition) is 5. The van der Waals surface area contributed by atoms with Gasteiger partial charge in [-0.25, -0.2) is 9.78 Å². The minimum absolute atomic E-state index is 0.371. The maximum Gasteiger partial charge on any atom is 0.345 e. The highest BCUT2D eigenvalue weighted by Gasteiger charge is 2.12. The SMILES string of the molecule is Cc1sc(C(=O)O)cc1CSc1nc2ccccc2o1. The number of benzene rings is 1. The van der Waals surface area contributed by atoms with Crippen LogP contribution in [0.3, 0.4) is 0 Å². The number of aromatic carboxylic acids is 1. The Hall–Kier alpha value is -1.79. The molecule has 0 saturated carbocycles. The van der Waals surface area contributed by atoms with Crippen LogP contribution in [0.4, 0.5) is 0 Å². The molecule has 0 amide bonds. The number of fused-ring (bicyclic) bond motifs is 1. The first kappa shape index (κ1) is 13.2. The Morgan fingerprint density at radius 1 is 1.45 bits per heavy atom. The van der Waals surface area contributed by atoms with E-state index in [2.05, 4.69) is 4.98 Å². The standard InChI is InChI=1S/C14H11NO3S2/c1-8-9(6-12(20-8)13(16)17)7-19-14-15-10-4-2-3-5-11(10)18-14/h2-6H,7H2,1H3,(H,16,17). The minimum Gasteiger partial charge on any atom is -0.477 e. The number of para-hydroxylation sites is 2. The van der Waals surface area contributed by atoms with E-state index in [0.29, 0.717) is 15.9 Å². The molecule has 1 aromatic carbocycles. The zero-order valence-electron chi connectivity index (χ0n) is 10.6.